The Kier molecular flexibility index (Phi) is 5.36. The van der Waals surface area contributed by atoms with Crippen LogP contribution in [0.2, 0.25) is 0 Å². The third-order valence-electron chi connectivity index (χ3n) is 2.88. The summed E-state index contributed by atoms with van der Waals surface area (Å²) < 4.78 is 31.9. The molecule has 0 aromatic heterocycles. The highest BCUT2D eigenvalue weighted by Crippen LogP contribution is 2.09. The Balaban J connectivity index is 1.79. The third kappa shape index (κ3) is 5.57. The van der Waals surface area contributed by atoms with Gasteiger partial charge in [0, 0.05) is 6.54 Å². The Hall–Kier alpha value is -1.85. The lowest BCUT2D eigenvalue weighted by Crippen LogP contribution is -2.29. The largest absolute Gasteiger partial charge is 0.492 e. The summed E-state index contributed by atoms with van der Waals surface area (Å²) in [4.78, 5) is 0. The smallest absolute Gasteiger partial charge is 0.215 e. The Morgan fingerprint density at radius 1 is 1.05 bits per heavy atom. The van der Waals surface area contributed by atoms with Gasteiger partial charge in [0.15, 0.2) is 0 Å². The van der Waals surface area contributed by atoms with Crippen molar-refractivity contribution < 1.29 is 13.2 Å². The van der Waals surface area contributed by atoms with Crippen molar-refractivity contribution in [1.29, 1.82) is 0 Å². The van der Waals surface area contributed by atoms with Crippen molar-refractivity contribution in [2.75, 3.05) is 13.2 Å². The highest BCUT2D eigenvalue weighted by Gasteiger charge is 2.10. The van der Waals surface area contributed by atoms with Gasteiger partial charge in [0.05, 0.1) is 5.75 Å². The Morgan fingerprint density at radius 3 is 2.52 bits per heavy atom. The van der Waals surface area contributed by atoms with E-state index in [4.69, 9.17) is 4.74 Å². The van der Waals surface area contributed by atoms with Crippen molar-refractivity contribution in [2.45, 2.75) is 12.7 Å². The minimum Gasteiger partial charge on any atom is -0.492 e. The van der Waals surface area contributed by atoms with Crippen LogP contribution in [0.15, 0.2) is 54.6 Å². The van der Waals surface area contributed by atoms with Gasteiger partial charge in [0.1, 0.15) is 12.4 Å². The minimum atomic E-state index is -3.34. The molecule has 1 N–H and O–H groups in total. The average molecular weight is 305 g/mol. The molecular weight excluding hydrogens is 286 g/mol. The van der Waals surface area contributed by atoms with Crippen LogP contribution >= 0.6 is 0 Å². The van der Waals surface area contributed by atoms with Crippen LogP contribution in [-0.4, -0.2) is 21.6 Å². The highest BCUT2D eigenvalue weighted by atomic mass is 32.2. The normalized spacial score (nSPS) is 11.3. The van der Waals surface area contributed by atoms with Gasteiger partial charge < -0.3 is 4.74 Å². The van der Waals surface area contributed by atoms with Crippen molar-refractivity contribution in [3.8, 4) is 5.75 Å². The number of hydrogen-bond acceptors (Lipinski definition) is 3. The summed E-state index contributed by atoms with van der Waals surface area (Å²) in [6.07, 6.45) is 0. The molecule has 0 amide bonds. The van der Waals surface area contributed by atoms with Gasteiger partial charge in [-0.25, -0.2) is 13.1 Å². The number of nitrogens with one attached hydrogen (secondary N) is 1. The van der Waals surface area contributed by atoms with Crippen molar-refractivity contribution in [2.24, 2.45) is 0 Å². The van der Waals surface area contributed by atoms with Gasteiger partial charge in [-0.3, -0.25) is 0 Å². The van der Waals surface area contributed by atoms with E-state index >= 15 is 0 Å². The lowest BCUT2D eigenvalue weighted by Gasteiger charge is -2.09. The number of rotatable bonds is 7. The number of aryl methyl sites for hydroxylation is 1. The first-order valence-electron chi connectivity index (χ1n) is 6.76. The van der Waals surface area contributed by atoms with Gasteiger partial charge in [-0.2, -0.15) is 0 Å². The predicted octanol–water partition coefficient (Wildman–Crippen LogP) is 2.49. The van der Waals surface area contributed by atoms with Gasteiger partial charge >= 0.3 is 0 Å². The average Bonchev–Trinajstić information content (AvgIpc) is 2.44. The lowest BCUT2D eigenvalue weighted by molar-refractivity contribution is 0.323. The second kappa shape index (κ2) is 7.24. The molecule has 0 saturated heterocycles. The van der Waals surface area contributed by atoms with Crippen LogP contribution in [0, 0.1) is 6.92 Å². The zero-order chi connectivity index (χ0) is 15.1. The molecule has 5 heteroatoms. The lowest BCUT2D eigenvalue weighted by atomic mass is 10.2. The maximum atomic E-state index is 12.0. The number of ether oxygens (including phenoxy) is 1. The molecule has 0 fully saturated rings. The molecule has 0 aliphatic rings. The number of para-hydroxylation sites is 1. The number of hydrogen-bond donors (Lipinski definition) is 1. The molecule has 0 radical (unpaired) electrons. The van der Waals surface area contributed by atoms with Gasteiger partial charge in [-0.15, -0.1) is 0 Å². The van der Waals surface area contributed by atoms with Crippen LogP contribution in [0.1, 0.15) is 11.1 Å². The zero-order valence-corrected chi connectivity index (χ0v) is 12.8. The fourth-order valence-electron chi connectivity index (χ4n) is 1.96. The number of benzene rings is 2. The molecule has 0 spiro atoms. The van der Waals surface area contributed by atoms with Gasteiger partial charge in [-0.1, -0.05) is 48.0 Å². The molecule has 2 aromatic rings. The van der Waals surface area contributed by atoms with Crippen LogP contribution in [-0.2, 0) is 15.8 Å². The fraction of sp³-hybridized carbons (Fsp3) is 0.250. The molecule has 0 saturated carbocycles. The first kappa shape index (κ1) is 15.5. The van der Waals surface area contributed by atoms with Crippen LogP contribution in [0.25, 0.3) is 0 Å². The first-order valence-corrected chi connectivity index (χ1v) is 8.41. The minimum absolute atomic E-state index is 0.0139. The summed E-state index contributed by atoms with van der Waals surface area (Å²) in [6.45, 7) is 2.50. The molecule has 0 heterocycles. The molecule has 2 aromatic carbocycles. The molecular formula is C16H19NO3S. The van der Waals surface area contributed by atoms with E-state index in [-0.39, 0.29) is 12.3 Å². The molecule has 4 nitrogen and oxygen atoms in total. The topological polar surface area (TPSA) is 55.4 Å². The maximum absolute atomic E-state index is 12.0. The molecule has 0 unspecified atom stereocenters. The SMILES string of the molecule is Cc1cccc(CS(=O)(=O)NCCOc2ccccc2)c1. The summed E-state index contributed by atoms with van der Waals surface area (Å²) >= 11 is 0. The van der Waals surface area contributed by atoms with E-state index in [1.165, 1.54) is 0 Å². The fourth-order valence-corrected chi connectivity index (χ4v) is 3.07. The van der Waals surface area contributed by atoms with E-state index < -0.39 is 10.0 Å². The van der Waals surface area contributed by atoms with Crippen molar-refractivity contribution in [1.82, 2.24) is 4.72 Å². The quantitative estimate of drug-likeness (QED) is 0.800. The second-order valence-electron chi connectivity index (χ2n) is 4.80. The summed E-state index contributed by atoms with van der Waals surface area (Å²) in [5, 5.41) is 0. The molecule has 0 atom stereocenters. The standard InChI is InChI=1S/C16H19NO3S/c1-14-6-5-7-15(12-14)13-21(18,19)17-10-11-20-16-8-3-2-4-9-16/h2-9,12,17H,10-11,13H2,1H3. The van der Waals surface area contributed by atoms with Gasteiger partial charge in [-0.05, 0) is 24.6 Å². The summed E-state index contributed by atoms with van der Waals surface area (Å²) in [7, 11) is -3.34. The Labute approximate surface area is 125 Å². The van der Waals surface area contributed by atoms with E-state index in [1.54, 1.807) is 0 Å². The highest BCUT2D eigenvalue weighted by molar-refractivity contribution is 7.88. The van der Waals surface area contributed by atoms with Crippen molar-refractivity contribution in [3.05, 3.63) is 65.7 Å². The van der Waals surface area contributed by atoms with Crippen LogP contribution in [0.3, 0.4) is 0 Å². The predicted molar refractivity (Wildman–Crippen MR) is 83.7 cm³/mol. The zero-order valence-electron chi connectivity index (χ0n) is 12.0. The summed E-state index contributed by atoms with van der Waals surface area (Å²) in [5.41, 5.74) is 1.83. The molecule has 0 aliphatic heterocycles. The first-order chi connectivity index (χ1) is 10.1. The van der Waals surface area contributed by atoms with Gasteiger partial charge in [0.2, 0.25) is 10.0 Å². The molecule has 2 rings (SSSR count). The van der Waals surface area contributed by atoms with Crippen LogP contribution < -0.4 is 9.46 Å². The van der Waals surface area contributed by atoms with E-state index in [2.05, 4.69) is 4.72 Å². The van der Waals surface area contributed by atoms with E-state index in [0.717, 1.165) is 16.9 Å². The summed E-state index contributed by atoms with van der Waals surface area (Å²) in [5.74, 6) is 0.718. The van der Waals surface area contributed by atoms with E-state index in [9.17, 15) is 8.42 Å². The molecule has 0 bridgehead atoms. The van der Waals surface area contributed by atoms with Gasteiger partial charge in [0.25, 0.3) is 0 Å². The van der Waals surface area contributed by atoms with E-state index in [1.807, 2.05) is 61.5 Å². The summed E-state index contributed by atoms with van der Waals surface area (Å²) in [6, 6.07) is 16.8. The number of sulfonamides is 1. The Morgan fingerprint density at radius 2 is 1.81 bits per heavy atom. The molecule has 112 valence electrons. The Bertz CT molecular complexity index is 669. The van der Waals surface area contributed by atoms with Crippen LogP contribution in [0.4, 0.5) is 0 Å². The molecule has 0 aliphatic carbocycles. The van der Waals surface area contributed by atoms with E-state index in [0.29, 0.717) is 6.61 Å². The van der Waals surface area contributed by atoms with Crippen LogP contribution in [0.5, 0.6) is 5.75 Å². The maximum Gasteiger partial charge on any atom is 0.215 e. The molecule has 21 heavy (non-hydrogen) atoms. The second-order valence-corrected chi connectivity index (χ2v) is 6.61. The van der Waals surface area contributed by atoms with Crippen molar-refractivity contribution >= 4 is 10.0 Å². The van der Waals surface area contributed by atoms with Crippen molar-refractivity contribution in [3.63, 3.8) is 0 Å². The monoisotopic (exact) mass is 305 g/mol. The third-order valence-corrected chi connectivity index (χ3v) is 4.23.